The number of aryl methyl sites for hydroxylation is 1. The molecule has 3 N–H and O–H groups in total. The fourth-order valence-corrected chi connectivity index (χ4v) is 2.28. The standard InChI is InChI=1S/C19H20FN5O2/c1-5-9-27-19(4,6-2)16-12(3)24-15(17(21)25-16)18(26)23-11-14-8-7-13(20)10-22-14/h2,5,7-10H,11H2,1,3-4H3,(H2,21,25)(H,23,26)/b9-5-. The molecule has 0 saturated heterocycles. The summed E-state index contributed by atoms with van der Waals surface area (Å²) in [6, 6.07) is 2.73. The molecule has 140 valence electrons. The Labute approximate surface area is 156 Å². The van der Waals surface area contributed by atoms with Crippen molar-refractivity contribution in [3.8, 4) is 12.3 Å². The Balaban J connectivity index is 2.23. The van der Waals surface area contributed by atoms with E-state index in [0.717, 1.165) is 6.20 Å². The molecule has 0 fully saturated rings. The third-order valence-electron chi connectivity index (χ3n) is 3.70. The topological polar surface area (TPSA) is 103 Å². The van der Waals surface area contributed by atoms with Gasteiger partial charge in [0.2, 0.25) is 5.60 Å². The highest BCUT2D eigenvalue weighted by molar-refractivity contribution is 5.96. The number of allylic oxidation sites excluding steroid dienone is 1. The highest BCUT2D eigenvalue weighted by Gasteiger charge is 2.31. The van der Waals surface area contributed by atoms with E-state index in [1.807, 2.05) is 0 Å². The number of nitrogens with one attached hydrogen (secondary N) is 1. The van der Waals surface area contributed by atoms with E-state index >= 15 is 0 Å². The second-order valence-electron chi connectivity index (χ2n) is 5.81. The Morgan fingerprint density at radius 1 is 1.48 bits per heavy atom. The van der Waals surface area contributed by atoms with Crippen LogP contribution in [0.3, 0.4) is 0 Å². The Bertz CT molecular complexity index is 906. The summed E-state index contributed by atoms with van der Waals surface area (Å²) in [5, 5.41) is 2.62. The van der Waals surface area contributed by atoms with Gasteiger partial charge in [0.25, 0.3) is 5.91 Å². The van der Waals surface area contributed by atoms with Crippen LogP contribution >= 0.6 is 0 Å². The zero-order chi connectivity index (χ0) is 20.0. The van der Waals surface area contributed by atoms with Gasteiger partial charge in [-0.25, -0.2) is 14.4 Å². The molecule has 1 atom stereocenters. The molecule has 7 nitrogen and oxygen atoms in total. The molecule has 8 heteroatoms. The zero-order valence-corrected chi connectivity index (χ0v) is 15.3. The van der Waals surface area contributed by atoms with Crippen molar-refractivity contribution in [2.75, 3.05) is 5.73 Å². The minimum absolute atomic E-state index is 0.0382. The van der Waals surface area contributed by atoms with Gasteiger partial charge in [-0.3, -0.25) is 9.78 Å². The van der Waals surface area contributed by atoms with E-state index in [2.05, 4.69) is 26.2 Å². The number of rotatable bonds is 6. The van der Waals surface area contributed by atoms with Gasteiger partial charge in [0.1, 0.15) is 11.5 Å². The van der Waals surface area contributed by atoms with Crippen LogP contribution in [0.5, 0.6) is 0 Å². The minimum Gasteiger partial charge on any atom is -0.477 e. The summed E-state index contributed by atoms with van der Waals surface area (Å²) in [5.74, 6) is 1.46. The van der Waals surface area contributed by atoms with E-state index in [9.17, 15) is 9.18 Å². The second kappa shape index (κ2) is 8.27. The fraction of sp³-hybridized carbons (Fsp3) is 0.263. The second-order valence-corrected chi connectivity index (χ2v) is 5.81. The van der Waals surface area contributed by atoms with E-state index < -0.39 is 17.3 Å². The molecule has 0 aliphatic heterocycles. The Morgan fingerprint density at radius 3 is 2.81 bits per heavy atom. The van der Waals surface area contributed by atoms with Gasteiger partial charge < -0.3 is 15.8 Å². The van der Waals surface area contributed by atoms with E-state index in [4.69, 9.17) is 16.9 Å². The molecule has 0 radical (unpaired) electrons. The first kappa shape index (κ1) is 19.8. The van der Waals surface area contributed by atoms with Crippen LogP contribution in [0.4, 0.5) is 10.2 Å². The minimum atomic E-state index is -1.18. The van der Waals surface area contributed by atoms with Crippen LogP contribution in [0.25, 0.3) is 0 Å². The van der Waals surface area contributed by atoms with Gasteiger partial charge in [0.15, 0.2) is 11.5 Å². The van der Waals surface area contributed by atoms with Crippen LogP contribution in [0.15, 0.2) is 30.7 Å². The van der Waals surface area contributed by atoms with Crippen molar-refractivity contribution in [2.24, 2.45) is 0 Å². The number of nitrogens with zero attached hydrogens (tertiary/aromatic N) is 3. The number of carbonyl (C=O) groups is 1. The molecular weight excluding hydrogens is 349 g/mol. The Morgan fingerprint density at radius 2 is 2.22 bits per heavy atom. The molecule has 1 unspecified atom stereocenters. The summed E-state index contributed by atoms with van der Waals surface area (Å²) in [6.45, 7) is 5.19. The Hall–Kier alpha value is -3.47. The maximum Gasteiger partial charge on any atom is 0.274 e. The van der Waals surface area contributed by atoms with Crippen LogP contribution in [0.2, 0.25) is 0 Å². The van der Waals surface area contributed by atoms with Crippen molar-refractivity contribution in [1.82, 2.24) is 20.3 Å². The summed E-state index contributed by atoms with van der Waals surface area (Å²) >= 11 is 0. The van der Waals surface area contributed by atoms with E-state index in [1.54, 1.807) is 26.8 Å². The fourth-order valence-electron chi connectivity index (χ4n) is 2.28. The van der Waals surface area contributed by atoms with Crippen molar-refractivity contribution in [3.63, 3.8) is 0 Å². The van der Waals surface area contributed by atoms with Crippen LogP contribution in [0.1, 0.15) is 41.4 Å². The molecule has 2 aromatic rings. The zero-order valence-electron chi connectivity index (χ0n) is 15.3. The number of anilines is 1. The molecular formula is C19H20FN5O2. The van der Waals surface area contributed by atoms with Gasteiger partial charge in [0, 0.05) is 0 Å². The highest BCUT2D eigenvalue weighted by atomic mass is 19.1. The molecule has 0 spiro atoms. The lowest BCUT2D eigenvalue weighted by Gasteiger charge is -2.24. The third-order valence-corrected chi connectivity index (χ3v) is 3.70. The summed E-state index contributed by atoms with van der Waals surface area (Å²) in [7, 11) is 0. The van der Waals surface area contributed by atoms with Gasteiger partial charge in [-0.1, -0.05) is 12.0 Å². The molecule has 0 aromatic carbocycles. The molecule has 2 heterocycles. The number of pyridine rings is 1. The monoisotopic (exact) mass is 369 g/mol. The van der Waals surface area contributed by atoms with Crippen molar-refractivity contribution < 1.29 is 13.9 Å². The van der Waals surface area contributed by atoms with Crippen molar-refractivity contribution >= 4 is 11.7 Å². The normalized spacial score (nSPS) is 13.0. The van der Waals surface area contributed by atoms with Gasteiger partial charge >= 0.3 is 0 Å². The van der Waals surface area contributed by atoms with Crippen LogP contribution in [0, 0.1) is 25.1 Å². The van der Waals surface area contributed by atoms with Gasteiger partial charge in [-0.15, -0.1) is 6.42 Å². The predicted octanol–water partition coefficient (Wildman–Crippen LogP) is 2.23. The van der Waals surface area contributed by atoms with Crippen LogP contribution in [-0.4, -0.2) is 20.9 Å². The number of amides is 1. The SMILES string of the molecule is C#CC(C)(O/C=C\C)c1nc(N)c(C(=O)NCc2ccc(F)cn2)nc1C. The number of aromatic nitrogens is 3. The molecule has 0 aliphatic carbocycles. The predicted molar refractivity (Wildman–Crippen MR) is 98.6 cm³/mol. The lowest BCUT2D eigenvalue weighted by Crippen LogP contribution is -2.29. The number of ether oxygens (including phenoxy) is 1. The molecule has 0 saturated carbocycles. The first-order valence-electron chi connectivity index (χ1n) is 8.10. The number of nitrogen functional groups attached to an aromatic ring is 1. The molecule has 2 rings (SSSR count). The van der Waals surface area contributed by atoms with E-state index in [-0.39, 0.29) is 18.1 Å². The van der Waals surface area contributed by atoms with Gasteiger partial charge in [-0.2, -0.15) is 0 Å². The van der Waals surface area contributed by atoms with E-state index in [0.29, 0.717) is 17.1 Å². The largest absolute Gasteiger partial charge is 0.477 e. The maximum atomic E-state index is 12.9. The van der Waals surface area contributed by atoms with Crippen LogP contribution in [-0.2, 0) is 16.9 Å². The smallest absolute Gasteiger partial charge is 0.274 e. The van der Waals surface area contributed by atoms with Gasteiger partial charge in [-0.05, 0) is 32.9 Å². The lowest BCUT2D eigenvalue weighted by atomic mass is 10.0. The quantitative estimate of drug-likeness (QED) is 0.598. The number of halogens is 1. The van der Waals surface area contributed by atoms with Crippen molar-refractivity contribution in [3.05, 3.63) is 59.3 Å². The summed E-state index contributed by atoms with van der Waals surface area (Å²) in [4.78, 5) is 24.7. The van der Waals surface area contributed by atoms with Crippen molar-refractivity contribution in [1.29, 1.82) is 0 Å². The molecule has 2 aromatic heterocycles. The molecule has 27 heavy (non-hydrogen) atoms. The average molecular weight is 369 g/mol. The number of nitrogens with two attached hydrogens (primary N) is 1. The molecule has 0 bridgehead atoms. The average Bonchev–Trinajstić information content (AvgIpc) is 2.66. The first-order chi connectivity index (χ1) is 12.8. The molecule has 0 aliphatic rings. The highest BCUT2D eigenvalue weighted by Crippen LogP contribution is 2.27. The van der Waals surface area contributed by atoms with E-state index in [1.165, 1.54) is 18.4 Å². The Kier molecular flexibility index (Phi) is 6.08. The summed E-state index contributed by atoms with van der Waals surface area (Å²) in [5.41, 5.74) is 5.95. The van der Waals surface area contributed by atoms with Crippen LogP contribution < -0.4 is 11.1 Å². The number of terminal acetylenes is 1. The van der Waals surface area contributed by atoms with Gasteiger partial charge in [0.05, 0.1) is 30.4 Å². The summed E-state index contributed by atoms with van der Waals surface area (Å²) in [6.07, 6.45) is 9.80. The molecule has 1 amide bonds. The van der Waals surface area contributed by atoms with Crippen molar-refractivity contribution in [2.45, 2.75) is 32.9 Å². The number of hydrogen-bond donors (Lipinski definition) is 2. The number of hydrogen-bond acceptors (Lipinski definition) is 6. The first-order valence-corrected chi connectivity index (χ1v) is 8.10. The third kappa shape index (κ3) is 4.58. The summed E-state index contributed by atoms with van der Waals surface area (Å²) < 4.78 is 18.4. The lowest BCUT2D eigenvalue weighted by molar-refractivity contribution is 0.0882. The number of carbonyl (C=O) groups excluding carboxylic acids is 1. The maximum absolute atomic E-state index is 12.9.